The Hall–Kier alpha value is -2.89. The van der Waals surface area contributed by atoms with Crippen LogP contribution in [0.1, 0.15) is 25.7 Å². The number of nitrogens with one attached hydrogen (secondary N) is 2. The number of anilines is 1. The van der Waals surface area contributed by atoms with Crippen molar-refractivity contribution in [3.63, 3.8) is 0 Å². The number of hydrogen-bond acceptors (Lipinski definition) is 5. The number of benzene rings is 1. The van der Waals surface area contributed by atoms with Crippen molar-refractivity contribution >= 4 is 29.0 Å². The molecule has 0 aliphatic carbocycles. The van der Waals surface area contributed by atoms with Gasteiger partial charge in [0.05, 0.1) is 16.5 Å². The summed E-state index contributed by atoms with van der Waals surface area (Å²) in [5, 5.41) is 20.3. The fourth-order valence-electron chi connectivity index (χ4n) is 2.50. The lowest BCUT2D eigenvalue weighted by atomic mass is 10.1. The molecule has 0 spiro atoms. The number of amides is 3. The Morgan fingerprint density at radius 1 is 1.29 bits per heavy atom. The number of thiophene rings is 1. The lowest BCUT2D eigenvalue weighted by Crippen LogP contribution is -2.38. The highest BCUT2D eigenvalue weighted by Crippen LogP contribution is 2.28. The second-order valence-corrected chi connectivity index (χ2v) is 6.43. The zero-order valence-corrected chi connectivity index (χ0v) is 13.4. The minimum Gasteiger partial charge on any atom is -0.320 e. The molecule has 0 unspecified atom stereocenters. The lowest BCUT2D eigenvalue weighted by Gasteiger charge is -2.27. The maximum absolute atomic E-state index is 12.4. The van der Waals surface area contributed by atoms with E-state index in [1.54, 1.807) is 40.7 Å². The summed E-state index contributed by atoms with van der Waals surface area (Å²) in [6.45, 7) is 0.961. The molecule has 7 nitrogen and oxygen atoms in total. The molecule has 0 bridgehead atoms. The van der Waals surface area contributed by atoms with Crippen molar-refractivity contribution in [2.45, 2.75) is 13.0 Å². The molecule has 3 rings (SSSR count). The maximum atomic E-state index is 12.4. The van der Waals surface area contributed by atoms with Crippen molar-refractivity contribution in [1.82, 2.24) is 10.4 Å². The summed E-state index contributed by atoms with van der Waals surface area (Å²) < 4.78 is 0. The van der Waals surface area contributed by atoms with Crippen LogP contribution in [0.5, 0.6) is 0 Å². The van der Waals surface area contributed by atoms with Gasteiger partial charge in [-0.3, -0.25) is 10.0 Å². The van der Waals surface area contributed by atoms with Gasteiger partial charge in [0.1, 0.15) is 0 Å². The molecule has 2 heterocycles. The minimum absolute atomic E-state index is 0.232. The zero-order chi connectivity index (χ0) is 17.1. The first kappa shape index (κ1) is 16.0. The van der Waals surface area contributed by atoms with Crippen LogP contribution in [-0.4, -0.2) is 28.6 Å². The highest BCUT2D eigenvalue weighted by Gasteiger charge is 2.24. The van der Waals surface area contributed by atoms with E-state index in [-0.39, 0.29) is 6.03 Å². The fraction of sp³-hybridized carbons (Fsp3) is 0.188. The monoisotopic (exact) mass is 342 g/mol. The molecule has 1 aliphatic rings. The van der Waals surface area contributed by atoms with Gasteiger partial charge >= 0.3 is 6.03 Å². The Morgan fingerprint density at radius 3 is 2.71 bits per heavy atom. The first-order valence-corrected chi connectivity index (χ1v) is 8.04. The summed E-state index contributed by atoms with van der Waals surface area (Å²) in [6.07, 6.45) is 0.666. The summed E-state index contributed by atoms with van der Waals surface area (Å²) >= 11 is 1.33. The first-order chi connectivity index (χ1) is 11.6. The van der Waals surface area contributed by atoms with Crippen LogP contribution < -0.4 is 10.8 Å². The van der Waals surface area contributed by atoms with E-state index in [9.17, 15) is 9.59 Å². The molecule has 0 atom stereocenters. The SMILES string of the molecule is N#Cc1ccc(NC(=O)N2CCc3sc(C(=O)NO)cc3C2)cc1. The van der Waals surface area contributed by atoms with Crippen molar-refractivity contribution in [2.24, 2.45) is 0 Å². The summed E-state index contributed by atoms with van der Waals surface area (Å²) in [5.74, 6) is -0.539. The number of urea groups is 1. The molecule has 3 amide bonds. The molecule has 3 N–H and O–H groups in total. The topological polar surface area (TPSA) is 105 Å². The Kier molecular flexibility index (Phi) is 4.46. The molecule has 1 aliphatic heterocycles. The van der Waals surface area contributed by atoms with E-state index in [2.05, 4.69) is 5.32 Å². The largest absolute Gasteiger partial charge is 0.322 e. The van der Waals surface area contributed by atoms with Crippen molar-refractivity contribution in [3.8, 4) is 6.07 Å². The second-order valence-electron chi connectivity index (χ2n) is 5.29. The van der Waals surface area contributed by atoms with Crippen LogP contribution in [0.4, 0.5) is 10.5 Å². The molecule has 0 saturated heterocycles. The molecule has 122 valence electrons. The molecule has 2 aromatic rings. The summed E-state index contributed by atoms with van der Waals surface area (Å²) in [5.41, 5.74) is 3.69. The van der Waals surface area contributed by atoms with Crippen LogP contribution in [0, 0.1) is 11.3 Å². The Balaban J connectivity index is 1.68. The number of hydroxylamine groups is 1. The van der Waals surface area contributed by atoms with E-state index in [1.165, 1.54) is 11.3 Å². The first-order valence-electron chi connectivity index (χ1n) is 7.23. The van der Waals surface area contributed by atoms with Crippen LogP contribution in [0.3, 0.4) is 0 Å². The van der Waals surface area contributed by atoms with Gasteiger partial charge < -0.3 is 10.2 Å². The van der Waals surface area contributed by atoms with Crippen molar-refractivity contribution in [2.75, 3.05) is 11.9 Å². The summed E-state index contributed by atoms with van der Waals surface area (Å²) in [7, 11) is 0. The van der Waals surface area contributed by atoms with Gasteiger partial charge in [-0.25, -0.2) is 10.3 Å². The predicted molar refractivity (Wildman–Crippen MR) is 87.9 cm³/mol. The van der Waals surface area contributed by atoms with Crippen LogP contribution in [0.2, 0.25) is 0 Å². The van der Waals surface area contributed by atoms with Crippen LogP contribution in [-0.2, 0) is 13.0 Å². The van der Waals surface area contributed by atoms with Gasteiger partial charge in [-0.05, 0) is 42.3 Å². The van der Waals surface area contributed by atoms with E-state index < -0.39 is 5.91 Å². The molecule has 0 fully saturated rings. The summed E-state index contributed by atoms with van der Waals surface area (Å²) in [4.78, 5) is 27.0. The third-order valence-electron chi connectivity index (χ3n) is 3.74. The van der Waals surface area contributed by atoms with E-state index in [0.717, 1.165) is 10.4 Å². The number of fused-ring (bicyclic) bond motifs is 1. The Bertz CT molecular complexity index is 823. The molecular formula is C16H14N4O3S. The number of rotatable bonds is 2. The molecule has 1 aromatic heterocycles. The third-order valence-corrected chi connectivity index (χ3v) is 4.98. The van der Waals surface area contributed by atoms with Crippen LogP contribution in [0.15, 0.2) is 30.3 Å². The Labute approximate surface area is 142 Å². The summed E-state index contributed by atoms with van der Waals surface area (Å²) in [6, 6.07) is 10.1. The fourth-order valence-corrected chi connectivity index (χ4v) is 3.56. The van der Waals surface area contributed by atoms with Gasteiger partial charge in [0.2, 0.25) is 0 Å². The van der Waals surface area contributed by atoms with E-state index in [1.807, 2.05) is 6.07 Å². The molecular weight excluding hydrogens is 328 g/mol. The normalized spacial score (nSPS) is 12.9. The van der Waals surface area contributed by atoms with E-state index >= 15 is 0 Å². The highest BCUT2D eigenvalue weighted by atomic mass is 32.1. The van der Waals surface area contributed by atoms with Gasteiger partial charge in [-0.1, -0.05) is 0 Å². The highest BCUT2D eigenvalue weighted by molar-refractivity contribution is 7.14. The molecule has 0 saturated carbocycles. The second kappa shape index (κ2) is 6.70. The van der Waals surface area contributed by atoms with E-state index in [4.69, 9.17) is 10.5 Å². The van der Waals surface area contributed by atoms with Gasteiger partial charge in [-0.2, -0.15) is 5.26 Å². The molecule has 24 heavy (non-hydrogen) atoms. The number of hydrogen-bond donors (Lipinski definition) is 3. The zero-order valence-electron chi connectivity index (χ0n) is 12.6. The van der Waals surface area contributed by atoms with E-state index in [0.29, 0.717) is 35.6 Å². The van der Waals surface area contributed by atoms with Crippen molar-refractivity contribution in [3.05, 3.63) is 51.2 Å². The lowest BCUT2D eigenvalue weighted by molar-refractivity contribution is 0.0711. The number of carbonyl (C=O) groups is 2. The average Bonchev–Trinajstić information content (AvgIpc) is 3.04. The minimum atomic E-state index is -0.539. The van der Waals surface area contributed by atoms with Gasteiger partial charge in [-0.15, -0.1) is 11.3 Å². The van der Waals surface area contributed by atoms with Crippen LogP contribution in [0.25, 0.3) is 0 Å². The quantitative estimate of drug-likeness (QED) is 0.575. The molecule has 8 heteroatoms. The molecule has 1 aromatic carbocycles. The standard InChI is InChI=1S/C16H14N4O3S/c17-8-10-1-3-12(4-2-10)18-16(22)20-6-5-13-11(9-20)7-14(24-13)15(21)19-23/h1-4,7,23H,5-6,9H2,(H,18,22)(H,19,21). The third kappa shape index (κ3) is 3.22. The van der Waals surface area contributed by atoms with Crippen molar-refractivity contribution in [1.29, 1.82) is 5.26 Å². The maximum Gasteiger partial charge on any atom is 0.322 e. The number of nitrogens with zero attached hydrogens (tertiary/aromatic N) is 2. The number of nitriles is 1. The Morgan fingerprint density at radius 2 is 2.04 bits per heavy atom. The van der Waals surface area contributed by atoms with Gasteiger partial charge in [0.15, 0.2) is 0 Å². The van der Waals surface area contributed by atoms with Crippen molar-refractivity contribution < 1.29 is 14.8 Å². The van der Waals surface area contributed by atoms with Gasteiger partial charge in [0, 0.05) is 23.7 Å². The smallest absolute Gasteiger partial charge is 0.320 e. The number of carbonyl (C=O) groups excluding carboxylic acids is 2. The van der Waals surface area contributed by atoms with Gasteiger partial charge in [0.25, 0.3) is 5.91 Å². The van der Waals surface area contributed by atoms with Crippen LogP contribution >= 0.6 is 11.3 Å². The predicted octanol–water partition coefficient (Wildman–Crippen LogP) is 2.33. The average molecular weight is 342 g/mol. The molecule has 0 radical (unpaired) electrons.